The van der Waals surface area contributed by atoms with Crippen molar-refractivity contribution < 1.29 is 4.79 Å². The second-order valence-electron chi connectivity index (χ2n) is 1.67. The summed E-state index contributed by atoms with van der Waals surface area (Å²) in [6.07, 6.45) is 10.2. The molecule has 0 aromatic heterocycles. The van der Waals surface area contributed by atoms with E-state index in [0.29, 0.717) is 6.42 Å². The fourth-order valence-electron chi connectivity index (χ4n) is 0.427. The second kappa shape index (κ2) is 7.15. The van der Waals surface area contributed by atoms with Crippen molar-refractivity contribution in [2.75, 3.05) is 0 Å². The van der Waals surface area contributed by atoms with Crippen LogP contribution in [0.1, 0.15) is 19.8 Å². The molecule has 0 radical (unpaired) electrons. The monoisotopic (exact) mass is 124 g/mol. The molecule has 0 aliphatic carbocycles. The maximum Gasteiger partial charge on any atom is 0.123 e. The molecule has 0 rings (SSSR count). The second-order valence-corrected chi connectivity index (χ2v) is 1.67. The van der Waals surface area contributed by atoms with Gasteiger partial charge >= 0.3 is 0 Å². The van der Waals surface area contributed by atoms with Crippen LogP contribution in [-0.4, -0.2) is 6.29 Å². The normalized spacial score (nSPS) is 11.2. The third-order valence-corrected chi connectivity index (χ3v) is 0.851. The Balaban J connectivity index is 3.23. The van der Waals surface area contributed by atoms with Crippen LogP contribution < -0.4 is 0 Å². The van der Waals surface area contributed by atoms with Gasteiger partial charge in [0.05, 0.1) is 0 Å². The average Bonchev–Trinajstić information content (AvgIpc) is 1.89. The van der Waals surface area contributed by atoms with Gasteiger partial charge in [0.1, 0.15) is 6.29 Å². The number of hydrogen-bond donors (Lipinski definition) is 0. The van der Waals surface area contributed by atoms with Crippen LogP contribution in [0.25, 0.3) is 0 Å². The molecule has 1 nitrogen and oxygen atoms in total. The van der Waals surface area contributed by atoms with Gasteiger partial charge in [-0.25, -0.2) is 0 Å². The quantitative estimate of drug-likeness (QED) is 0.414. The first-order valence-electron chi connectivity index (χ1n) is 3.17. The summed E-state index contributed by atoms with van der Waals surface area (Å²) < 4.78 is 0. The van der Waals surface area contributed by atoms with Crippen molar-refractivity contribution in [2.24, 2.45) is 0 Å². The van der Waals surface area contributed by atoms with E-state index in [1.807, 2.05) is 24.3 Å². The Morgan fingerprint density at radius 2 is 1.89 bits per heavy atom. The van der Waals surface area contributed by atoms with E-state index in [-0.39, 0.29) is 0 Å². The Morgan fingerprint density at radius 1 is 1.22 bits per heavy atom. The highest BCUT2D eigenvalue weighted by atomic mass is 16.1. The Hall–Kier alpha value is -0.850. The van der Waals surface area contributed by atoms with Gasteiger partial charge in [0.25, 0.3) is 0 Å². The van der Waals surface area contributed by atoms with Crippen LogP contribution in [0.15, 0.2) is 24.3 Å². The van der Waals surface area contributed by atoms with Crippen LogP contribution in [0.3, 0.4) is 0 Å². The highest BCUT2D eigenvalue weighted by molar-refractivity contribution is 5.51. The van der Waals surface area contributed by atoms with Crippen LogP contribution in [0.2, 0.25) is 0 Å². The molecule has 0 spiro atoms. The van der Waals surface area contributed by atoms with E-state index < -0.39 is 0 Å². The van der Waals surface area contributed by atoms with Crippen molar-refractivity contribution in [3.8, 4) is 0 Å². The standard InChI is InChI=1S/C8H12O/c1-2-3-4-5-6-7-8-9/h3-6,8H,2,7H2,1H3/b4-3-,6-5-. The van der Waals surface area contributed by atoms with E-state index in [1.54, 1.807) is 0 Å². The van der Waals surface area contributed by atoms with Crippen LogP contribution in [0.5, 0.6) is 0 Å². The zero-order valence-corrected chi connectivity index (χ0v) is 5.71. The van der Waals surface area contributed by atoms with Gasteiger partial charge in [-0.05, 0) is 6.42 Å². The van der Waals surface area contributed by atoms with E-state index in [9.17, 15) is 4.79 Å². The molecule has 0 aromatic carbocycles. The van der Waals surface area contributed by atoms with E-state index in [0.717, 1.165) is 12.7 Å². The minimum absolute atomic E-state index is 0.522. The van der Waals surface area contributed by atoms with E-state index in [1.165, 1.54) is 0 Å². The first kappa shape index (κ1) is 8.15. The van der Waals surface area contributed by atoms with E-state index in [4.69, 9.17) is 0 Å². The number of hydrogen-bond acceptors (Lipinski definition) is 1. The topological polar surface area (TPSA) is 17.1 Å². The Morgan fingerprint density at radius 3 is 2.44 bits per heavy atom. The zero-order chi connectivity index (χ0) is 6.95. The van der Waals surface area contributed by atoms with Gasteiger partial charge in [-0.1, -0.05) is 31.2 Å². The smallest absolute Gasteiger partial charge is 0.123 e. The lowest BCUT2D eigenvalue weighted by Crippen LogP contribution is -1.63. The summed E-state index contributed by atoms with van der Waals surface area (Å²) in [6, 6.07) is 0. The maximum atomic E-state index is 9.76. The fourth-order valence-corrected chi connectivity index (χ4v) is 0.427. The molecule has 0 N–H and O–H groups in total. The predicted octanol–water partition coefficient (Wildman–Crippen LogP) is 2.10. The lowest BCUT2D eigenvalue weighted by Gasteiger charge is -1.74. The minimum atomic E-state index is 0.522. The van der Waals surface area contributed by atoms with Gasteiger partial charge in [0.15, 0.2) is 0 Å². The molecule has 0 atom stereocenters. The predicted molar refractivity (Wildman–Crippen MR) is 39.3 cm³/mol. The molecule has 9 heavy (non-hydrogen) atoms. The number of carbonyl (C=O) groups is 1. The number of rotatable bonds is 4. The number of allylic oxidation sites excluding steroid dienone is 4. The molecule has 0 heterocycles. The van der Waals surface area contributed by atoms with Gasteiger partial charge < -0.3 is 4.79 Å². The molecule has 0 saturated carbocycles. The first-order valence-corrected chi connectivity index (χ1v) is 3.17. The maximum absolute atomic E-state index is 9.76. The largest absolute Gasteiger partial charge is 0.303 e. The van der Waals surface area contributed by atoms with E-state index >= 15 is 0 Å². The molecule has 0 fully saturated rings. The fraction of sp³-hybridized carbons (Fsp3) is 0.375. The molecule has 0 amide bonds. The number of carbonyl (C=O) groups excluding carboxylic acids is 1. The molecule has 0 aromatic rings. The number of aldehydes is 1. The minimum Gasteiger partial charge on any atom is -0.303 e. The molecule has 0 saturated heterocycles. The van der Waals surface area contributed by atoms with E-state index in [2.05, 4.69) is 6.92 Å². The molecule has 0 aliphatic heterocycles. The lowest BCUT2D eigenvalue weighted by molar-refractivity contribution is -0.107. The summed E-state index contributed by atoms with van der Waals surface area (Å²) in [5.74, 6) is 0. The molecule has 1 heteroatoms. The van der Waals surface area contributed by atoms with Crippen molar-refractivity contribution in [1.82, 2.24) is 0 Å². The third kappa shape index (κ3) is 7.15. The summed E-state index contributed by atoms with van der Waals surface area (Å²) in [5, 5.41) is 0. The summed E-state index contributed by atoms with van der Waals surface area (Å²) in [4.78, 5) is 9.76. The lowest BCUT2D eigenvalue weighted by atomic mass is 10.3. The van der Waals surface area contributed by atoms with Crippen molar-refractivity contribution in [2.45, 2.75) is 19.8 Å². The summed E-state index contributed by atoms with van der Waals surface area (Å²) in [7, 11) is 0. The Kier molecular flexibility index (Phi) is 6.47. The van der Waals surface area contributed by atoms with Crippen LogP contribution in [0.4, 0.5) is 0 Å². The molecule has 0 aliphatic rings. The van der Waals surface area contributed by atoms with Crippen molar-refractivity contribution in [3.63, 3.8) is 0 Å². The Bertz CT molecular complexity index is 112. The molecular formula is C8H12O. The highest BCUT2D eigenvalue weighted by Gasteiger charge is 1.67. The molecule has 0 unspecified atom stereocenters. The van der Waals surface area contributed by atoms with Gasteiger partial charge in [-0.2, -0.15) is 0 Å². The van der Waals surface area contributed by atoms with Crippen molar-refractivity contribution in [1.29, 1.82) is 0 Å². The molecular weight excluding hydrogens is 112 g/mol. The van der Waals surface area contributed by atoms with Gasteiger partial charge in [-0.3, -0.25) is 0 Å². The van der Waals surface area contributed by atoms with Crippen LogP contribution in [-0.2, 0) is 4.79 Å². The highest BCUT2D eigenvalue weighted by Crippen LogP contribution is 1.82. The summed E-state index contributed by atoms with van der Waals surface area (Å²) in [6.45, 7) is 2.07. The average molecular weight is 124 g/mol. The Labute approximate surface area is 56.1 Å². The van der Waals surface area contributed by atoms with Gasteiger partial charge in [-0.15, -0.1) is 0 Å². The zero-order valence-electron chi connectivity index (χ0n) is 5.71. The molecule has 50 valence electrons. The van der Waals surface area contributed by atoms with Crippen molar-refractivity contribution in [3.05, 3.63) is 24.3 Å². The molecule has 0 bridgehead atoms. The van der Waals surface area contributed by atoms with Crippen LogP contribution >= 0.6 is 0 Å². The van der Waals surface area contributed by atoms with Crippen LogP contribution in [0, 0.1) is 0 Å². The summed E-state index contributed by atoms with van der Waals surface area (Å²) >= 11 is 0. The first-order chi connectivity index (χ1) is 4.41. The van der Waals surface area contributed by atoms with Gasteiger partial charge in [0, 0.05) is 6.42 Å². The summed E-state index contributed by atoms with van der Waals surface area (Å²) in [5.41, 5.74) is 0. The third-order valence-electron chi connectivity index (χ3n) is 0.851. The SMILES string of the molecule is CC/C=C\C=C/CC=O. The van der Waals surface area contributed by atoms with Crippen molar-refractivity contribution >= 4 is 6.29 Å². The van der Waals surface area contributed by atoms with Gasteiger partial charge in [0.2, 0.25) is 0 Å².